The summed E-state index contributed by atoms with van der Waals surface area (Å²) < 4.78 is 7.67. The minimum absolute atomic E-state index is 0.0504. The predicted molar refractivity (Wildman–Crippen MR) is 113 cm³/mol. The molecule has 0 unspecified atom stereocenters. The fraction of sp³-hybridized carbons (Fsp3) is 0.545. The van der Waals surface area contributed by atoms with Gasteiger partial charge < -0.3 is 14.6 Å². The minimum Gasteiger partial charge on any atom is -0.376 e. The highest BCUT2D eigenvalue weighted by Crippen LogP contribution is 2.23. The maximum atomic E-state index is 13.2. The molecule has 0 bridgehead atoms. The summed E-state index contributed by atoms with van der Waals surface area (Å²) in [6, 6.07) is 6.10. The smallest absolute Gasteiger partial charge is 0.258 e. The molecule has 2 atom stereocenters. The van der Waals surface area contributed by atoms with Crippen molar-refractivity contribution in [2.45, 2.75) is 58.2 Å². The van der Waals surface area contributed by atoms with E-state index in [1.54, 1.807) is 0 Å². The molecule has 30 heavy (non-hydrogen) atoms. The Hall–Kier alpha value is -2.58. The number of nitrogens with one attached hydrogen (secondary N) is 2. The summed E-state index contributed by atoms with van der Waals surface area (Å²) in [4.78, 5) is 17.7. The average molecular weight is 410 g/mol. The standard InChI is InChI=1S/C22H28N6O2/c1-14-10-15(2)19-16(11-14)12-18(22(29)23-19)20(27-7-3-4-8-27)21-24-25-26-28(21)13-17-6-5-9-30-17/h10-12,17,20H,3-9,13H2,1-2H3,(H,23,29)/p+1/t17-,20+/m0/s1. The first-order valence-corrected chi connectivity index (χ1v) is 11.0. The molecule has 0 spiro atoms. The Morgan fingerprint density at radius 2 is 2.07 bits per heavy atom. The van der Waals surface area contributed by atoms with E-state index in [1.807, 2.05) is 11.6 Å². The van der Waals surface area contributed by atoms with Gasteiger partial charge in [0.2, 0.25) is 5.82 Å². The first-order chi connectivity index (χ1) is 14.6. The molecule has 1 aromatic carbocycles. The van der Waals surface area contributed by atoms with E-state index in [-0.39, 0.29) is 17.7 Å². The summed E-state index contributed by atoms with van der Waals surface area (Å²) in [5.41, 5.74) is 3.87. The minimum atomic E-state index is -0.183. The van der Waals surface area contributed by atoms with Crippen molar-refractivity contribution >= 4 is 10.9 Å². The topological polar surface area (TPSA) is 90.1 Å². The number of H-pyrrole nitrogens is 1. The molecule has 0 radical (unpaired) electrons. The number of likely N-dealkylation sites (tertiary alicyclic amines) is 1. The Kier molecular flexibility index (Phi) is 5.12. The Morgan fingerprint density at radius 3 is 2.83 bits per heavy atom. The second-order valence-corrected chi connectivity index (χ2v) is 8.75. The van der Waals surface area contributed by atoms with Crippen LogP contribution in [0.4, 0.5) is 0 Å². The lowest BCUT2D eigenvalue weighted by molar-refractivity contribution is -0.914. The third kappa shape index (κ3) is 3.54. The molecule has 5 rings (SSSR count). The van der Waals surface area contributed by atoms with E-state index in [2.05, 4.69) is 45.6 Å². The van der Waals surface area contributed by atoms with Crippen LogP contribution in [0.5, 0.6) is 0 Å². The zero-order chi connectivity index (χ0) is 20.7. The van der Waals surface area contributed by atoms with Crippen LogP contribution in [-0.2, 0) is 11.3 Å². The molecule has 8 heteroatoms. The van der Waals surface area contributed by atoms with Crippen LogP contribution in [0.3, 0.4) is 0 Å². The largest absolute Gasteiger partial charge is 0.376 e. The number of hydrogen-bond donors (Lipinski definition) is 2. The third-order valence-corrected chi connectivity index (χ3v) is 6.51. The lowest BCUT2D eigenvalue weighted by atomic mass is 10.0. The molecule has 2 N–H and O–H groups in total. The highest BCUT2D eigenvalue weighted by molar-refractivity contribution is 5.83. The van der Waals surface area contributed by atoms with Crippen molar-refractivity contribution in [2.75, 3.05) is 19.7 Å². The van der Waals surface area contributed by atoms with Gasteiger partial charge in [-0.15, -0.1) is 5.10 Å². The second-order valence-electron chi connectivity index (χ2n) is 8.75. The van der Waals surface area contributed by atoms with E-state index < -0.39 is 0 Å². The molecule has 0 aliphatic carbocycles. The summed E-state index contributed by atoms with van der Waals surface area (Å²) in [5, 5.41) is 13.7. The molecule has 2 aliphatic rings. The van der Waals surface area contributed by atoms with Crippen molar-refractivity contribution in [2.24, 2.45) is 0 Å². The number of aryl methyl sites for hydroxylation is 2. The van der Waals surface area contributed by atoms with Gasteiger partial charge in [0.25, 0.3) is 5.56 Å². The van der Waals surface area contributed by atoms with Crippen molar-refractivity contribution in [3.63, 3.8) is 0 Å². The van der Waals surface area contributed by atoms with Gasteiger partial charge in [-0.25, -0.2) is 4.68 Å². The number of aromatic amines is 1. The van der Waals surface area contributed by atoms with Crippen molar-refractivity contribution in [1.82, 2.24) is 25.2 Å². The Labute approximate surface area is 175 Å². The van der Waals surface area contributed by atoms with Crippen LogP contribution in [0.2, 0.25) is 0 Å². The van der Waals surface area contributed by atoms with Crippen molar-refractivity contribution in [3.8, 4) is 0 Å². The summed E-state index contributed by atoms with van der Waals surface area (Å²) in [5.74, 6) is 0.761. The summed E-state index contributed by atoms with van der Waals surface area (Å²) in [6.07, 6.45) is 4.55. The molecular weight excluding hydrogens is 380 g/mol. The van der Waals surface area contributed by atoms with Gasteiger partial charge >= 0.3 is 0 Å². The summed E-state index contributed by atoms with van der Waals surface area (Å²) in [7, 11) is 0. The number of benzene rings is 1. The molecule has 3 aromatic rings. The van der Waals surface area contributed by atoms with E-state index >= 15 is 0 Å². The number of nitrogens with zero attached hydrogens (tertiary/aromatic N) is 4. The maximum absolute atomic E-state index is 13.2. The number of rotatable bonds is 5. The van der Waals surface area contributed by atoms with Gasteiger partial charge in [-0.3, -0.25) is 4.79 Å². The molecular formula is C22H29N6O2+. The van der Waals surface area contributed by atoms with Crippen molar-refractivity contribution < 1.29 is 9.64 Å². The number of tetrazole rings is 1. The lowest BCUT2D eigenvalue weighted by Gasteiger charge is -2.24. The Morgan fingerprint density at radius 1 is 1.23 bits per heavy atom. The molecule has 0 saturated carbocycles. The zero-order valence-corrected chi connectivity index (χ0v) is 17.6. The number of aromatic nitrogens is 5. The SMILES string of the molecule is Cc1cc(C)c2[nH]c(=O)c([C@H](c3nnnn3C[C@@H]3CCCO3)[NH+]3CCCC3)cc2c1. The average Bonchev–Trinajstić information content (AvgIpc) is 3.48. The van der Waals surface area contributed by atoms with Gasteiger partial charge in [0, 0.05) is 19.4 Å². The van der Waals surface area contributed by atoms with Crippen molar-refractivity contribution in [3.05, 3.63) is 51.1 Å². The Bertz CT molecular complexity index is 1110. The molecule has 0 amide bonds. The first-order valence-electron chi connectivity index (χ1n) is 11.0. The highest BCUT2D eigenvalue weighted by Gasteiger charge is 2.36. The van der Waals surface area contributed by atoms with Gasteiger partial charge in [0.15, 0.2) is 6.04 Å². The molecule has 158 valence electrons. The lowest BCUT2D eigenvalue weighted by Crippen LogP contribution is -3.10. The van der Waals surface area contributed by atoms with Crippen LogP contribution < -0.4 is 10.5 Å². The summed E-state index contributed by atoms with van der Waals surface area (Å²) >= 11 is 0. The predicted octanol–water partition coefficient (Wildman–Crippen LogP) is 1.08. The second kappa shape index (κ2) is 7.92. The third-order valence-electron chi connectivity index (χ3n) is 6.51. The monoisotopic (exact) mass is 409 g/mol. The zero-order valence-electron chi connectivity index (χ0n) is 17.6. The van der Waals surface area contributed by atoms with E-state index in [0.717, 1.165) is 73.2 Å². The van der Waals surface area contributed by atoms with Crippen LogP contribution in [-0.4, -0.2) is 51.0 Å². The van der Waals surface area contributed by atoms with E-state index in [0.29, 0.717) is 6.54 Å². The quantitative estimate of drug-likeness (QED) is 0.658. The Balaban J connectivity index is 1.62. The van der Waals surface area contributed by atoms with Gasteiger partial charge in [-0.2, -0.15) is 0 Å². The van der Waals surface area contributed by atoms with Gasteiger partial charge in [-0.05, 0) is 60.2 Å². The number of hydrogen-bond acceptors (Lipinski definition) is 5. The van der Waals surface area contributed by atoms with E-state index in [4.69, 9.17) is 4.74 Å². The van der Waals surface area contributed by atoms with Crippen LogP contribution in [0.25, 0.3) is 10.9 Å². The number of ether oxygens (including phenoxy) is 1. The summed E-state index contributed by atoms with van der Waals surface area (Å²) in [6.45, 7) is 7.59. The fourth-order valence-corrected chi connectivity index (χ4v) is 5.11. The van der Waals surface area contributed by atoms with Crippen LogP contribution in [0.1, 0.15) is 54.2 Å². The normalized spacial score (nSPS) is 20.9. The molecule has 2 aliphatic heterocycles. The molecule has 4 heterocycles. The van der Waals surface area contributed by atoms with Gasteiger partial charge in [0.1, 0.15) is 0 Å². The highest BCUT2D eigenvalue weighted by atomic mass is 16.5. The molecule has 2 saturated heterocycles. The van der Waals surface area contributed by atoms with Gasteiger partial charge in [-0.1, -0.05) is 11.6 Å². The van der Waals surface area contributed by atoms with Crippen LogP contribution in [0, 0.1) is 13.8 Å². The molecule has 2 fully saturated rings. The van der Waals surface area contributed by atoms with E-state index in [1.165, 1.54) is 10.5 Å². The number of pyridine rings is 1. The first kappa shape index (κ1) is 19.4. The molecule has 2 aromatic heterocycles. The van der Waals surface area contributed by atoms with E-state index in [9.17, 15) is 4.79 Å². The number of quaternary nitrogens is 1. The fourth-order valence-electron chi connectivity index (χ4n) is 5.11. The molecule has 8 nitrogen and oxygen atoms in total. The maximum Gasteiger partial charge on any atom is 0.258 e. The van der Waals surface area contributed by atoms with Gasteiger partial charge in [0.05, 0.1) is 36.8 Å². The van der Waals surface area contributed by atoms with Crippen molar-refractivity contribution in [1.29, 1.82) is 0 Å². The number of fused-ring (bicyclic) bond motifs is 1. The van der Waals surface area contributed by atoms with Crippen LogP contribution >= 0.6 is 0 Å². The van der Waals surface area contributed by atoms with Crippen LogP contribution in [0.15, 0.2) is 23.0 Å².